The number of fused-ring (bicyclic) bond motifs is 1. The van der Waals surface area contributed by atoms with Crippen molar-refractivity contribution in [2.45, 2.75) is 25.9 Å². The van der Waals surface area contributed by atoms with E-state index in [0.717, 1.165) is 10.9 Å². The first kappa shape index (κ1) is 12.6. The summed E-state index contributed by atoms with van der Waals surface area (Å²) >= 11 is 3.36. The lowest BCUT2D eigenvalue weighted by atomic mass is 9.99. The summed E-state index contributed by atoms with van der Waals surface area (Å²) in [5, 5.41) is 0. The fraction of sp³-hybridized carbons (Fsp3) is 0.462. The molecule has 1 atom stereocenters. The smallest absolute Gasteiger partial charge is 0.170 e. The maximum absolute atomic E-state index is 11.9. The lowest BCUT2D eigenvalue weighted by Crippen LogP contribution is -2.28. The van der Waals surface area contributed by atoms with Crippen LogP contribution in [-0.2, 0) is 4.74 Å². The Bertz CT molecular complexity index is 417. The molecule has 0 amide bonds. The third-order valence-corrected chi connectivity index (χ3v) is 3.23. The summed E-state index contributed by atoms with van der Waals surface area (Å²) in [6.45, 7) is 3.30. The second-order valence-corrected chi connectivity index (χ2v) is 4.91. The van der Waals surface area contributed by atoms with Gasteiger partial charge >= 0.3 is 0 Å². The lowest BCUT2D eigenvalue weighted by molar-refractivity contribution is 0.0717. The van der Waals surface area contributed by atoms with E-state index in [4.69, 9.17) is 9.47 Å². The zero-order valence-corrected chi connectivity index (χ0v) is 11.3. The first-order chi connectivity index (χ1) is 8.20. The van der Waals surface area contributed by atoms with Crippen molar-refractivity contribution in [3.05, 3.63) is 28.2 Å². The van der Waals surface area contributed by atoms with E-state index in [1.807, 2.05) is 25.1 Å². The van der Waals surface area contributed by atoms with Crippen molar-refractivity contribution in [1.82, 2.24) is 0 Å². The molecule has 2 rings (SSSR count). The molecule has 0 N–H and O–H groups in total. The highest BCUT2D eigenvalue weighted by molar-refractivity contribution is 9.10. The maximum atomic E-state index is 11.9. The van der Waals surface area contributed by atoms with E-state index in [1.165, 1.54) is 0 Å². The average molecular weight is 299 g/mol. The predicted molar refractivity (Wildman–Crippen MR) is 68.6 cm³/mol. The minimum absolute atomic E-state index is 0.0530. The van der Waals surface area contributed by atoms with Crippen LogP contribution in [0.4, 0.5) is 0 Å². The Morgan fingerprint density at radius 2 is 2.35 bits per heavy atom. The van der Waals surface area contributed by atoms with Crippen LogP contribution in [0.15, 0.2) is 22.7 Å². The molecular weight excluding hydrogens is 284 g/mol. The van der Waals surface area contributed by atoms with Crippen LogP contribution in [0.2, 0.25) is 0 Å². The molecule has 0 saturated heterocycles. The van der Waals surface area contributed by atoms with Crippen LogP contribution in [-0.4, -0.2) is 25.1 Å². The molecule has 0 bridgehead atoms. The SMILES string of the molecule is CCOCCC1CC(=O)c2cc(Br)ccc2O1. The van der Waals surface area contributed by atoms with Gasteiger partial charge in [0.1, 0.15) is 11.9 Å². The predicted octanol–water partition coefficient (Wildman–Crippen LogP) is 3.21. The Morgan fingerprint density at radius 3 is 3.12 bits per heavy atom. The van der Waals surface area contributed by atoms with E-state index in [-0.39, 0.29) is 11.9 Å². The van der Waals surface area contributed by atoms with Gasteiger partial charge in [0.15, 0.2) is 5.78 Å². The van der Waals surface area contributed by atoms with Crippen molar-refractivity contribution in [3.63, 3.8) is 0 Å². The van der Waals surface area contributed by atoms with Gasteiger partial charge in [-0.15, -0.1) is 0 Å². The number of rotatable bonds is 4. The highest BCUT2D eigenvalue weighted by atomic mass is 79.9. The van der Waals surface area contributed by atoms with E-state index < -0.39 is 0 Å². The second kappa shape index (κ2) is 5.65. The van der Waals surface area contributed by atoms with Crippen molar-refractivity contribution in [1.29, 1.82) is 0 Å². The van der Waals surface area contributed by atoms with E-state index in [0.29, 0.717) is 30.9 Å². The third kappa shape index (κ3) is 3.07. The summed E-state index contributed by atoms with van der Waals surface area (Å²) in [4.78, 5) is 11.9. The molecule has 17 heavy (non-hydrogen) atoms. The van der Waals surface area contributed by atoms with Crippen molar-refractivity contribution in [2.75, 3.05) is 13.2 Å². The van der Waals surface area contributed by atoms with Gasteiger partial charge in [-0.1, -0.05) is 15.9 Å². The van der Waals surface area contributed by atoms with Crippen LogP contribution < -0.4 is 4.74 Å². The zero-order valence-electron chi connectivity index (χ0n) is 9.74. The first-order valence-electron chi connectivity index (χ1n) is 5.78. The second-order valence-electron chi connectivity index (χ2n) is 3.99. The minimum atomic E-state index is -0.0530. The van der Waals surface area contributed by atoms with Gasteiger partial charge in [0.25, 0.3) is 0 Å². The van der Waals surface area contributed by atoms with Gasteiger partial charge in [0.05, 0.1) is 12.2 Å². The zero-order chi connectivity index (χ0) is 12.3. The molecular formula is C13H15BrO3. The van der Waals surface area contributed by atoms with Gasteiger partial charge in [-0.2, -0.15) is 0 Å². The number of carbonyl (C=O) groups excluding carboxylic acids is 1. The molecule has 1 aliphatic heterocycles. The molecule has 0 spiro atoms. The van der Waals surface area contributed by atoms with Crippen LogP contribution in [0, 0.1) is 0 Å². The molecule has 1 unspecified atom stereocenters. The number of ether oxygens (including phenoxy) is 2. The first-order valence-corrected chi connectivity index (χ1v) is 6.57. The summed E-state index contributed by atoms with van der Waals surface area (Å²) in [5.74, 6) is 0.833. The van der Waals surface area contributed by atoms with Gasteiger partial charge in [0, 0.05) is 23.9 Å². The van der Waals surface area contributed by atoms with E-state index in [2.05, 4.69) is 15.9 Å². The van der Waals surface area contributed by atoms with E-state index >= 15 is 0 Å². The van der Waals surface area contributed by atoms with Crippen LogP contribution in [0.3, 0.4) is 0 Å². The normalized spacial score (nSPS) is 18.7. The molecule has 3 nitrogen and oxygen atoms in total. The average Bonchev–Trinajstić information content (AvgIpc) is 2.31. The standard InChI is InChI=1S/C13H15BrO3/c1-2-16-6-5-10-8-12(15)11-7-9(14)3-4-13(11)17-10/h3-4,7,10H,2,5-6,8H2,1H3. The lowest BCUT2D eigenvalue weighted by Gasteiger charge is -2.25. The fourth-order valence-corrected chi connectivity index (χ4v) is 2.24. The van der Waals surface area contributed by atoms with Gasteiger partial charge in [-0.3, -0.25) is 4.79 Å². The van der Waals surface area contributed by atoms with Crippen LogP contribution in [0.1, 0.15) is 30.1 Å². The van der Waals surface area contributed by atoms with Crippen molar-refractivity contribution < 1.29 is 14.3 Å². The molecule has 1 aliphatic rings. The summed E-state index contributed by atoms with van der Waals surface area (Å²) in [6.07, 6.45) is 1.15. The number of hydrogen-bond acceptors (Lipinski definition) is 3. The van der Waals surface area contributed by atoms with Gasteiger partial charge in [0.2, 0.25) is 0 Å². The van der Waals surface area contributed by atoms with Crippen LogP contribution in [0.5, 0.6) is 5.75 Å². The number of benzene rings is 1. The molecule has 0 saturated carbocycles. The summed E-state index contributed by atoms with van der Waals surface area (Å²) in [6, 6.07) is 5.54. The fourth-order valence-electron chi connectivity index (χ4n) is 1.88. The summed E-state index contributed by atoms with van der Waals surface area (Å²) in [5.41, 5.74) is 0.673. The van der Waals surface area contributed by atoms with Crippen molar-refractivity contribution in [3.8, 4) is 5.75 Å². The Hall–Kier alpha value is -0.870. The van der Waals surface area contributed by atoms with Gasteiger partial charge < -0.3 is 9.47 Å². The minimum Gasteiger partial charge on any atom is -0.489 e. The van der Waals surface area contributed by atoms with Crippen LogP contribution >= 0.6 is 15.9 Å². The van der Waals surface area contributed by atoms with Crippen LogP contribution in [0.25, 0.3) is 0 Å². The molecule has 92 valence electrons. The highest BCUT2D eigenvalue weighted by Crippen LogP contribution is 2.30. The Kier molecular flexibility index (Phi) is 4.18. The molecule has 4 heteroatoms. The van der Waals surface area contributed by atoms with Crippen molar-refractivity contribution in [2.24, 2.45) is 0 Å². The molecule has 0 aromatic heterocycles. The quantitative estimate of drug-likeness (QED) is 0.801. The monoisotopic (exact) mass is 298 g/mol. The summed E-state index contributed by atoms with van der Waals surface area (Å²) < 4.78 is 12.0. The highest BCUT2D eigenvalue weighted by Gasteiger charge is 2.26. The molecule has 0 radical (unpaired) electrons. The summed E-state index contributed by atoms with van der Waals surface area (Å²) in [7, 11) is 0. The molecule has 0 fully saturated rings. The molecule has 1 aromatic carbocycles. The maximum Gasteiger partial charge on any atom is 0.170 e. The van der Waals surface area contributed by atoms with Gasteiger partial charge in [-0.25, -0.2) is 0 Å². The van der Waals surface area contributed by atoms with Crippen molar-refractivity contribution >= 4 is 21.7 Å². The van der Waals surface area contributed by atoms with E-state index in [9.17, 15) is 4.79 Å². The Labute approximate surface area is 109 Å². The Morgan fingerprint density at radius 1 is 1.53 bits per heavy atom. The van der Waals surface area contributed by atoms with E-state index in [1.54, 1.807) is 0 Å². The topological polar surface area (TPSA) is 35.5 Å². The largest absolute Gasteiger partial charge is 0.489 e. The molecule has 1 aromatic rings. The number of hydrogen-bond donors (Lipinski definition) is 0. The Balaban J connectivity index is 2.06. The third-order valence-electron chi connectivity index (χ3n) is 2.74. The molecule has 0 aliphatic carbocycles. The number of ketones is 1. The number of halogens is 1. The molecule has 1 heterocycles. The number of carbonyl (C=O) groups is 1. The van der Waals surface area contributed by atoms with Gasteiger partial charge in [-0.05, 0) is 25.1 Å². The number of Topliss-reactive ketones (excluding diaryl/α,β-unsaturated/α-hetero) is 1.